The van der Waals surface area contributed by atoms with Gasteiger partial charge in [0.25, 0.3) is 0 Å². The van der Waals surface area contributed by atoms with E-state index in [0.29, 0.717) is 29.9 Å². The number of methoxy groups -OCH3 is 1. The van der Waals surface area contributed by atoms with Crippen molar-refractivity contribution < 1.29 is 14.3 Å². The Labute approximate surface area is 150 Å². The number of ether oxygens (including phenoxy) is 1. The monoisotopic (exact) mass is 359 g/mol. The molecule has 25 heavy (non-hydrogen) atoms. The zero-order valence-electron chi connectivity index (χ0n) is 14.2. The fraction of sp³-hybridized carbons (Fsp3) is 0.500. The summed E-state index contributed by atoms with van der Waals surface area (Å²) in [4.78, 5) is 31.3. The highest BCUT2D eigenvalue weighted by Gasteiger charge is 2.38. The fourth-order valence-electron chi connectivity index (χ4n) is 3.82. The molecular formula is C18H21N3O3S. The highest BCUT2D eigenvalue weighted by atomic mass is 32.1. The lowest BCUT2D eigenvalue weighted by Crippen LogP contribution is -2.35. The van der Waals surface area contributed by atoms with E-state index in [2.05, 4.69) is 10.3 Å². The third kappa shape index (κ3) is 3.08. The van der Waals surface area contributed by atoms with E-state index in [0.717, 1.165) is 23.1 Å². The number of benzene rings is 1. The second-order valence-corrected chi connectivity index (χ2v) is 7.73. The van der Waals surface area contributed by atoms with E-state index >= 15 is 0 Å². The predicted octanol–water partition coefficient (Wildman–Crippen LogP) is 3.03. The predicted molar refractivity (Wildman–Crippen MR) is 96.9 cm³/mol. The maximum Gasteiger partial charge on any atom is 0.231 e. The number of thiazole rings is 1. The van der Waals surface area contributed by atoms with Crippen molar-refractivity contribution in [1.82, 2.24) is 9.88 Å². The number of amides is 2. The van der Waals surface area contributed by atoms with Gasteiger partial charge in [-0.15, -0.1) is 0 Å². The van der Waals surface area contributed by atoms with E-state index in [1.807, 2.05) is 23.1 Å². The van der Waals surface area contributed by atoms with Crippen molar-refractivity contribution in [1.29, 1.82) is 0 Å². The average molecular weight is 359 g/mol. The third-order valence-electron chi connectivity index (χ3n) is 5.13. The minimum Gasteiger partial charge on any atom is -0.494 e. The van der Waals surface area contributed by atoms with Crippen LogP contribution in [-0.4, -0.2) is 41.4 Å². The van der Waals surface area contributed by atoms with Crippen molar-refractivity contribution >= 4 is 38.5 Å². The number of rotatable bonds is 4. The Morgan fingerprint density at radius 2 is 2.16 bits per heavy atom. The summed E-state index contributed by atoms with van der Waals surface area (Å²) in [6, 6.07) is 6.03. The SMILES string of the molecule is COc1cccc2sc(NC(=O)[C@H]3CC(=O)N(C4CCCC4)C3)nc12. The molecule has 1 aliphatic carbocycles. The zero-order chi connectivity index (χ0) is 17.4. The summed E-state index contributed by atoms with van der Waals surface area (Å²) in [5, 5.41) is 3.44. The van der Waals surface area contributed by atoms with Gasteiger partial charge in [0, 0.05) is 19.0 Å². The van der Waals surface area contributed by atoms with Crippen LogP contribution in [0, 0.1) is 5.92 Å². The third-order valence-corrected chi connectivity index (χ3v) is 6.06. The lowest BCUT2D eigenvalue weighted by Gasteiger charge is -2.23. The van der Waals surface area contributed by atoms with E-state index in [9.17, 15) is 9.59 Å². The molecule has 2 fully saturated rings. The molecule has 2 heterocycles. The van der Waals surface area contributed by atoms with Gasteiger partial charge >= 0.3 is 0 Å². The normalized spacial score (nSPS) is 21.2. The Kier molecular flexibility index (Phi) is 4.33. The standard InChI is InChI=1S/C18H21N3O3S/c1-24-13-7-4-8-14-16(13)19-18(25-14)20-17(23)11-9-15(22)21(10-11)12-5-2-3-6-12/h4,7-8,11-12H,2-3,5-6,9-10H2,1H3,(H,19,20,23)/t11-/m0/s1. The van der Waals surface area contributed by atoms with Crippen LogP contribution in [0.15, 0.2) is 18.2 Å². The molecule has 0 bridgehead atoms. The first-order chi connectivity index (χ1) is 12.2. The van der Waals surface area contributed by atoms with E-state index in [4.69, 9.17) is 4.74 Å². The molecule has 1 aromatic heterocycles. The molecule has 1 aromatic carbocycles. The minimum atomic E-state index is -0.290. The van der Waals surface area contributed by atoms with Crippen LogP contribution in [0.1, 0.15) is 32.1 Å². The second-order valence-electron chi connectivity index (χ2n) is 6.70. The molecule has 2 aromatic rings. The average Bonchev–Trinajstić information content (AvgIpc) is 3.32. The number of fused-ring (bicyclic) bond motifs is 1. The number of hydrogen-bond acceptors (Lipinski definition) is 5. The molecule has 132 valence electrons. The molecule has 1 aliphatic heterocycles. The van der Waals surface area contributed by atoms with Crippen molar-refractivity contribution in [2.24, 2.45) is 5.92 Å². The van der Waals surface area contributed by atoms with Gasteiger partial charge in [0.15, 0.2) is 5.13 Å². The van der Waals surface area contributed by atoms with Crippen molar-refractivity contribution in [2.45, 2.75) is 38.1 Å². The number of anilines is 1. The van der Waals surface area contributed by atoms with Gasteiger partial charge in [-0.25, -0.2) is 4.98 Å². The second kappa shape index (κ2) is 6.63. The van der Waals surface area contributed by atoms with Crippen molar-refractivity contribution in [2.75, 3.05) is 19.0 Å². The molecule has 6 nitrogen and oxygen atoms in total. The van der Waals surface area contributed by atoms with Gasteiger partial charge in [-0.05, 0) is 25.0 Å². The summed E-state index contributed by atoms with van der Waals surface area (Å²) < 4.78 is 6.27. The molecule has 0 unspecified atom stereocenters. The van der Waals surface area contributed by atoms with E-state index in [1.54, 1.807) is 7.11 Å². The van der Waals surface area contributed by atoms with Gasteiger partial charge < -0.3 is 15.0 Å². The number of hydrogen-bond donors (Lipinski definition) is 1. The van der Waals surface area contributed by atoms with E-state index in [1.165, 1.54) is 24.2 Å². The molecule has 1 saturated heterocycles. The summed E-state index contributed by atoms with van der Waals surface area (Å²) in [6.45, 7) is 0.531. The first-order valence-electron chi connectivity index (χ1n) is 8.69. The molecule has 0 spiro atoms. The summed E-state index contributed by atoms with van der Waals surface area (Å²) in [5.41, 5.74) is 0.750. The minimum absolute atomic E-state index is 0.109. The fourth-order valence-corrected chi connectivity index (χ4v) is 4.71. The van der Waals surface area contributed by atoms with Crippen LogP contribution in [0.3, 0.4) is 0 Å². The van der Waals surface area contributed by atoms with Crippen LogP contribution < -0.4 is 10.1 Å². The van der Waals surface area contributed by atoms with Gasteiger partial charge in [0.1, 0.15) is 11.3 Å². The number of para-hydroxylation sites is 1. The number of carbonyl (C=O) groups is 2. The van der Waals surface area contributed by atoms with E-state index in [-0.39, 0.29) is 17.7 Å². The topological polar surface area (TPSA) is 71.5 Å². The summed E-state index contributed by atoms with van der Waals surface area (Å²) in [5.74, 6) is 0.393. The Hall–Kier alpha value is -2.15. The van der Waals surface area contributed by atoms with Gasteiger partial charge in [-0.1, -0.05) is 30.2 Å². The van der Waals surface area contributed by atoms with Crippen LogP contribution in [-0.2, 0) is 9.59 Å². The Morgan fingerprint density at radius 3 is 2.92 bits per heavy atom. The highest BCUT2D eigenvalue weighted by Crippen LogP contribution is 2.33. The number of nitrogens with one attached hydrogen (secondary N) is 1. The van der Waals surface area contributed by atoms with Crippen LogP contribution in [0.2, 0.25) is 0 Å². The van der Waals surface area contributed by atoms with E-state index < -0.39 is 0 Å². The molecule has 2 aliphatic rings. The Morgan fingerprint density at radius 1 is 1.36 bits per heavy atom. The number of carbonyl (C=O) groups excluding carboxylic acids is 2. The molecule has 1 N–H and O–H groups in total. The molecule has 2 amide bonds. The quantitative estimate of drug-likeness (QED) is 0.911. The van der Waals surface area contributed by atoms with Gasteiger partial charge in [0.2, 0.25) is 11.8 Å². The van der Waals surface area contributed by atoms with Crippen molar-refractivity contribution in [3.63, 3.8) is 0 Å². The molecule has 1 atom stereocenters. The largest absolute Gasteiger partial charge is 0.494 e. The smallest absolute Gasteiger partial charge is 0.231 e. The lowest BCUT2D eigenvalue weighted by molar-refractivity contribution is -0.129. The first-order valence-corrected chi connectivity index (χ1v) is 9.51. The molecular weight excluding hydrogens is 338 g/mol. The zero-order valence-corrected chi connectivity index (χ0v) is 15.0. The summed E-state index contributed by atoms with van der Waals surface area (Å²) in [6.07, 6.45) is 4.80. The number of nitrogens with zero attached hydrogens (tertiary/aromatic N) is 2. The summed E-state index contributed by atoms with van der Waals surface area (Å²) in [7, 11) is 1.61. The first kappa shape index (κ1) is 16.3. The molecule has 4 rings (SSSR count). The summed E-state index contributed by atoms with van der Waals surface area (Å²) >= 11 is 1.42. The van der Waals surface area contributed by atoms with Crippen LogP contribution >= 0.6 is 11.3 Å². The lowest BCUT2D eigenvalue weighted by atomic mass is 10.1. The van der Waals surface area contributed by atoms with Crippen molar-refractivity contribution in [3.05, 3.63) is 18.2 Å². The Bertz CT molecular complexity index is 813. The maximum atomic E-state index is 12.6. The van der Waals surface area contributed by atoms with Crippen LogP contribution in [0.4, 0.5) is 5.13 Å². The van der Waals surface area contributed by atoms with Gasteiger partial charge in [0.05, 0.1) is 17.7 Å². The molecule has 7 heteroatoms. The van der Waals surface area contributed by atoms with Crippen LogP contribution in [0.25, 0.3) is 10.2 Å². The van der Waals surface area contributed by atoms with Gasteiger partial charge in [-0.3, -0.25) is 9.59 Å². The van der Waals surface area contributed by atoms with Crippen LogP contribution in [0.5, 0.6) is 5.75 Å². The molecule has 0 radical (unpaired) electrons. The maximum absolute atomic E-state index is 12.6. The van der Waals surface area contributed by atoms with Gasteiger partial charge in [-0.2, -0.15) is 0 Å². The number of aromatic nitrogens is 1. The highest BCUT2D eigenvalue weighted by molar-refractivity contribution is 7.22. The van der Waals surface area contributed by atoms with Crippen molar-refractivity contribution in [3.8, 4) is 5.75 Å². The number of likely N-dealkylation sites (tertiary alicyclic amines) is 1. The molecule has 1 saturated carbocycles. The Balaban J connectivity index is 1.46.